The molecule has 0 bridgehead atoms. The number of alkyl halides is 2. The van der Waals surface area contributed by atoms with Crippen molar-refractivity contribution in [3.8, 4) is 5.75 Å². The van der Waals surface area contributed by atoms with Gasteiger partial charge in [0.05, 0.1) is 10.6 Å². The summed E-state index contributed by atoms with van der Waals surface area (Å²) in [6.07, 6.45) is 0.576. The van der Waals surface area contributed by atoms with Crippen LogP contribution in [-0.4, -0.2) is 33.2 Å². The molecule has 8 heteroatoms. The van der Waals surface area contributed by atoms with E-state index in [1.807, 2.05) is 0 Å². The molecule has 140 valence electrons. The van der Waals surface area contributed by atoms with Crippen LogP contribution in [0, 0.1) is 0 Å². The number of sulfone groups is 1. The van der Waals surface area contributed by atoms with E-state index in [4.69, 9.17) is 0 Å². The molecule has 2 aromatic rings. The maximum Gasteiger partial charge on any atom is 0.387 e. The van der Waals surface area contributed by atoms with E-state index >= 15 is 0 Å². The SMILES string of the molecule is O=C(CCc1ccc(OC(F)F)cc1)NCCS(=O)(=O)c1ccccc1. The molecular weight excluding hydrogens is 364 g/mol. The molecule has 0 aliphatic heterocycles. The van der Waals surface area contributed by atoms with E-state index in [2.05, 4.69) is 10.1 Å². The van der Waals surface area contributed by atoms with Crippen LogP contribution in [0.2, 0.25) is 0 Å². The Labute approximate surface area is 150 Å². The fourth-order valence-electron chi connectivity index (χ4n) is 2.25. The van der Waals surface area contributed by atoms with Crippen LogP contribution in [-0.2, 0) is 21.1 Å². The first-order chi connectivity index (χ1) is 12.4. The number of nitrogens with one attached hydrogen (secondary N) is 1. The molecule has 0 aliphatic rings. The van der Waals surface area contributed by atoms with E-state index in [0.29, 0.717) is 6.42 Å². The molecular formula is C18H19F2NO4S. The summed E-state index contributed by atoms with van der Waals surface area (Å²) in [5.41, 5.74) is 0.790. The molecule has 0 saturated carbocycles. The van der Waals surface area contributed by atoms with E-state index in [-0.39, 0.29) is 35.3 Å². The molecule has 0 aliphatic carbocycles. The summed E-state index contributed by atoms with van der Waals surface area (Å²) < 4.78 is 52.6. The molecule has 0 unspecified atom stereocenters. The predicted molar refractivity (Wildman–Crippen MR) is 92.9 cm³/mol. The van der Waals surface area contributed by atoms with Gasteiger partial charge in [-0.05, 0) is 36.2 Å². The van der Waals surface area contributed by atoms with Gasteiger partial charge in [0.1, 0.15) is 5.75 Å². The number of aryl methyl sites for hydroxylation is 1. The van der Waals surface area contributed by atoms with Crippen molar-refractivity contribution in [1.82, 2.24) is 5.32 Å². The number of carbonyl (C=O) groups is 1. The first kappa shape index (κ1) is 19.8. The largest absolute Gasteiger partial charge is 0.435 e. The molecule has 1 N–H and O–H groups in total. The molecule has 0 saturated heterocycles. The zero-order valence-electron chi connectivity index (χ0n) is 13.9. The van der Waals surface area contributed by atoms with Gasteiger partial charge in [0, 0.05) is 13.0 Å². The molecule has 1 amide bonds. The zero-order chi connectivity index (χ0) is 19.0. The molecule has 0 atom stereocenters. The highest BCUT2D eigenvalue weighted by Gasteiger charge is 2.14. The monoisotopic (exact) mass is 383 g/mol. The lowest BCUT2D eigenvalue weighted by molar-refractivity contribution is -0.120. The fourth-order valence-corrected chi connectivity index (χ4v) is 3.43. The Hall–Kier alpha value is -2.48. The lowest BCUT2D eigenvalue weighted by Gasteiger charge is -2.08. The minimum Gasteiger partial charge on any atom is -0.435 e. The van der Waals surface area contributed by atoms with Gasteiger partial charge in [-0.3, -0.25) is 4.79 Å². The van der Waals surface area contributed by atoms with Crippen LogP contribution in [0.3, 0.4) is 0 Å². The second-order valence-corrected chi connectivity index (χ2v) is 7.61. The van der Waals surface area contributed by atoms with Gasteiger partial charge in [-0.2, -0.15) is 8.78 Å². The summed E-state index contributed by atoms with van der Waals surface area (Å²) >= 11 is 0. The van der Waals surface area contributed by atoms with Gasteiger partial charge in [0.15, 0.2) is 9.84 Å². The topological polar surface area (TPSA) is 72.5 Å². The van der Waals surface area contributed by atoms with Gasteiger partial charge < -0.3 is 10.1 Å². The van der Waals surface area contributed by atoms with Gasteiger partial charge in [-0.1, -0.05) is 30.3 Å². The highest BCUT2D eigenvalue weighted by Crippen LogP contribution is 2.15. The van der Waals surface area contributed by atoms with Crippen LogP contribution in [0.4, 0.5) is 8.78 Å². The standard InChI is InChI=1S/C18H19F2NO4S/c19-18(20)25-15-9-6-14(7-10-15)8-11-17(22)21-12-13-26(23,24)16-4-2-1-3-5-16/h1-7,9-10,18H,8,11-13H2,(H,21,22). The summed E-state index contributed by atoms with van der Waals surface area (Å²) in [5, 5.41) is 2.57. The predicted octanol–water partition coefficient (Wildman–Crippen LogP) is 2.81. The van der Waals surface area contributed by atoms with Crippen LogP contribution in [0.15, 0.2) is 59.5 Å². The van der Waals surface area contributed by atoms with E-state index < -0.39 is 16.4 Å². The second kappa shape index (κ2) is 9.28. The Morgan fingerprint density at radius 2 is 1.69 bits per heavy atom. The molecule has 0 heterocycles. The first-order valence-electron chi connectivity index (χ1n) is 7.95. The molecule has 26 heavy (non-hydrogen) atoms. The van der Waals surface area contributed by atoms with Crippen molar-refractivity contribution in [2.24, 2.45) is 0 Å². The van der Waals surface area contributed by atoms with Gasteiger partial charge in [0.25, 0.3) is 0 Å². The summed E-state index contributed by atoms with van der Waals surface area (Å²) in [6, 6.07) is 14.1. The van der Waals surface area contributed by atoms with Gasteiger partial charge in [-0.25, -0.2) is 8.42 Å². The van der Waals surface area contributed by atoms with Crippen molar-refractivity contribution in [3.05, 3.63) is 60.2 Å². The molecule has 0 aromatic heterocycles. The third-order valence-electron chi connectivity index (χ3n) is 3.58. The van der Waals surface area contributed by atoms with Crippen molar-refractivity contribution in [3.63, 3.8) is 0 Å². The minimum absolute atomic E-state index is 0.0250. The molecule has 0 fully saturated rings. The highest BCUT2D eigenvalue weighted by atomic mass is 32.2. The van der Waals surface area contributed by atoms with Crippen molar-refractivity contribution >= 4 is 15.7 Å². The Morgan fingerprint density at radius 3 is 2.31 bits per heavy atom. The fraction of sp³-hybridized carbons (Fsp3) is 0.278. The quantitative estimate of drug-likeness (QED) is 0.723. The second-order valence-electron chi connectivity index (χ2n) is 5.50. The van der Waals surface area contributed by atoms with Crippen molar-refractivity contribution in [2.75, 3.05) is 12.3 Å². The molecule has 0 radical (unpaired) electrons. The zero-order valence-corrected chi connectivity index (χ0v) is 14.7. The third-order valence-corrected chi connectivity index (χ3v) is 5.32. The molecule has 5 nitrogen and oxygen atoms in total. The van der Waals surface area contributed by atoms with E-state index in [9.17, 15) is 22.0 Å². The minimum atomic E-state index is -3.43. The van der Waals surface area contributed by atoms with Crippen molar-refractivity contribution in [1.29, 1.82) is 0 Å². The number of hydrogen-bond donors (Lipinski definition) is 1. The normalized spacial score (nSPS) is 11.3. The summed E-state index contributed by atoms with van der Waals surface area (Å²) in [4.78, 5) is 12.0. The number of carbonyl (C=O) groups excluding carboxylic acids is 1. The van der Waals surface area contributed by atoms with Gasteiger partial charge >= 0.3 is 6.61 Å². The lowest BCUT2D eigenvalue weighted by Crippen LogP contribution is -2.29. The molecule has 0 spiro atoms. The van der Waals surface area contributed by atoms with Crippen LogP contribution < -0.4 is 10.1 Å². The number of ether oxygens (including phenoxy) is 1. The first-order valence-corrected chi connectivity index (χ1v) is 9.60. The lowest BCUT2D eigenvalue weighted by atomic mass is 10.1. The van der Waals surface area contributed by atoms with Crippen molar-refractivity contribution < 1.29 is 26.7 Å². The van der Waals surface area contributed by atoms with Crippen LogP contribution in [0.1, 0.15) is 12.0 Å². The van der Waals surface area contributed by atoms with Crippen LogP contribution in [0.25, 0.3) is 0 Å². The Morgan fingerprint density at radius 1 is 1.04 bits per heavy atom. The number of hydrogen-bond acceptors (Lipinski definition) is 4. The summed E-state index contributed by atoms with van der Waals surface area (Å²) in [7, 11) is -3.43. The van der Waals surface area contributed by atoms with Crippen molar-refractivity contribution in [2.45, 2.75) is 24.3 Å². The molecule has 2 aromatic carbocycles. The van der Waals surface area contributed by atoms with E-state index in [1.54, 1.807) is 30.3 Å². The highest BCUT2D eigenvalue weighted by molar-refractivity contribution is 7.91. The molecule has 2 rings (SSSR count). The Balaban J connectivity index is 1.74. The maximum atomic E-state index is 12.1. The van der Waals surface area contributed by atoms with E-state index in [0.717, 1.165) is 5.56 Å². The Bertz CT molecular complexity index is 809. The smallest absolute Gasteiger partial charge is 0.387 e. The Kier molecular flexibility index (Phi) is 7.08. The van der Waals surface area contributed by atoms with Gasteiger partial charge in [0.2, 0.25) is 5.91 Å². The number of benzene rings is 2. The van der Waals surface area contributed by atoms with Gasteiger partial charge in [-0.15, -0.1) is 0 Å². The average Bonchev–Trinajstić information content (AvgIpc) is 2.61. The average molecular weight is 383 g/mol. The van der Waals surface area contributed by atoms with Crippen LogP contribution in [0.5, 0.6) is 5.75 Å². The number of amides is 1. The number of rotatable bonds is 9. The summed E-state index contributed by atoms with van der Waals surface area (Å²) in [6.45, 7) is -2.85. The number of halogens is 2. The third kappa shape index (κ3) is 6.44. The summed E-state index contributed by atoms with van der Waals surface area (Å²) in [5.74, 6) is -0.400. The van der Waals surface area contributed by atoms with Crippen LogP contribution >= 0.6 is 0 Å². The maximum absolute atomic E-state index is 12.1. The van der Waals surface area contributed by atoms with E-state index in [1.165, 1.54) is 24.3 Å².